The van der Waals surface area contributed by atoms with Gasteiger partial charge in [0.2, 0.25) is 11.7 Å². The summed E-state index contributed by atoms with van der Waals surface area (Å²) in [7, 11) is 0. The van der Waals surface area contributed by atoms with Crippen LogP contribution < -0.4 is 5.73 Å². The normalized spacial score (nSPS) is 12.6. The molecule has 0 radical (unpaired) electrons. The van der Waals surface area contributed by atoms with Crippen LogP contribution in [0.3, 0.4) is 0 Å². The Kier molecular flexibility index (Phi) is 3.76. The SMILES string of the molecule is CCC[C@H](N)c1nc(-c2ccc(Cl)cc2)no1. The molecule has 0 unspecified atom stereocenters. The lowest BCUT2D eigenvalue weighted by Crippen LogP contribution is -2.09. The van der Waals surface area contributed by atoms with Crippen LogP contribution in [0.5, 0.6) is 0 Å². The third-order valence-corrected chi connectivity index (χ3v) is 2.71. The predicted octanol–water partition coefficient (Wildman–Crippen LogP) is 3.19. The second kappa shape index (κ2) is 5.29. The molecular weight excluding hydrogens is 238 g/mol. The van der Waals surface area contributed by atoms with Crippen LogP contribution in [0.25, 0.3) is 11.4 Å². The van der Waals surface area contributed by atoms with Crippen molar-refractivity contribution in [3.05, 3.63) is 35.2 Å². The van der Waals surface area contributed by atoms with E-state index in [-0.39, 0.29) is 6.04 Å². The standard InChI is InChI=1S/C12H14ClN3O/c1-2-3-10(14)12-15-11(16-17-12)8-4-6-9(13)7-5-8/h4-7,10H,2-3,14H2,1H3/t10-/m0/s1. The summed E-state index contributed by atoms with van der Waals surface area (Å²) in [5.41, 5.74) is 6.77. The Morgan fingerprint density at radius 2 is 2.06 bits per heavy atom. The minimum atomic E-state index is -0.187. The number of aromatic nitrogens is 2. The van der Waals surface area contributed by atoms with Crippen LogP contribution in [-0.2, 0) is 0 Å². The molecule has 0 fully saturated rings. The molecule has 0 saturated carbocycles. The van der Waals surface area contributed by atoms with Gasteiger partial charge in [-0.05, 0) is 30.7 Å². The maximum Gasteiger partial charge on any atom is 0.243 e. The highest BCUT2D eigenvalue weighted by molar-refractivity contribution is 6.30. The largest absolute Gasteiger partial charge is 0.337 e. The van der Waals surface area contributed by atoms with Gasteiger partial charge in [0.05, 0.1) is 6.04 Å². The molecule has 0 amide bonds. The lowest BCUT2D eigenvalue weighted by molar-refractivity contribution is 0.348. The summed E-state index contributed by atoms with van der Waals surface area (Å²) in [5, 5.41) is 4.59. The van der Waals surface area contributed by atoms with E-state index in [9.17, 15) is 0 Å². The lowest BCUT2D eigenvalue weighted by atomic mass is 10.2. The summed E-state index contributed by atoms with van der Waals surface area (Å²) in [6.45, 7) is 2.07. The van der Waals surface area contributed by atoms with Crippen LogP contribution in [-0.4, -0.2) is 10.1 Å². The third-order valence-electron chi connectivity index (χ3n) is 2.46. The maximum atomic E-state index is 5.90. The molecule has 1 aromatic heterocycles. The highest BCUT2D eigenvalue weighted by Gasteiger charge is 2.14. The molecule has 5 heteroatoms. The van der Waals surface area contributed by atoms with E-state index in [4.69, 9.17) is 21.9 Å². The van der Waals surface area contributed by atoms with Crippen molar-refractivity contribution in [2.75, 3.05) is 0 Å². The first-order valence-corrected chi connectivity index (χ1v) is 5.93. The van der Waals surface area contributed by atoms with Crippen LogP contribution in [0.2, 0.25) is 5.02 Å². The Bertz CT molecular complexity index is 481. The first-order chi connectivity index (χ1) is 8.20. The summed E-state index contributed by atoms with van der Waals surface area (Å²) < 4.78 is 5.14. The van der Waals surface area contributed by atoms with E-state index in [0.29, 0.717) is 16.7 Å². The fourth-order valence-electron chi connectivity index (χ4n) is 1.54. The zero-order chi connectivity index (χ0) is 12.3. The van der Waals surface area contributed by atoms with Gasteiger partial charge < -0.3 is 10.3 Å². The Labute approximate surface area is 105 Å². The average Bonchev–Trinajstić information content (AvgIpc) is 2.80. The predicted molar refractivity (Wildman–Crippen MR) is 66.6 cm³/mol. The number of benzene rings is 1. The second-order valence-corrected chi connectivity index (χ2v) is 4.29. The van der Waals surface area contributed by atoms with Crippen molar-refractivity contribution in [1.29, 1.82) is 0 Å². The Morgan fingerprint density at radius 3 is 2.71 bits per heavy atom. The molecule has 4 nitrogen and oxygen atoms in total. The Morgan fingerprint density at radius 1 is 1.35 bits per heavy atom. The van der Waals surface area contributed by atoms with Gasteiger partial charge in [0.15, 0.2) is 0 Å². The molecule has 2 N–H and O–H groups in total. The van der Waals surface area contributed by atoms with Crippen molar-refractivity contribution in [2.24, 2.45) is 5.73 Å². The first-order valence-electron chi connectivity index (χ1n) is 5.56. The molecule has 1 atom stereocenters. The number of rotatable bonds is 4. The van der Waals surface area contributed by atoms with Crippen molar-refractivity contribution in [1.82, 2.24) is 10.1 Å². The molecule has 2 aromatic rings. The second-order valence-electron chi connectivity index (χ2n) is 3.86. The van der Waals surface area contributed by atoms with Crippen molar-refractivity contribution in [3.63, 3.8) is 0 Å². The summed E-state index contributed by atoms with van der Waals surface area (Å²) >= 11 is 5.81. The fraction of sp³-hybridized carbons (Fsp3) is 0.333. The maximum absolute atomic E-state index is 5.90. The van der Waals surface area contributed by atoms with Crippen LogP contribution in [0, 0.1) is 0 Å². The fourth-order valence-corrected chi connectivity index (χ4v) is 1.66. The quantitative estimate of drug-likeness (QED) is 0.906. The van der Waals surface area contributed by atoms with Gasteiger partial charge in [0, 0.05) is 10.6 Å². The van der Waals surface area contributed by atoms with E-state index >= 15 is 0 Å². The molecule has 0 aliphatic heterocycles. The van der Waals surface area contributed by atoms with Crippen molar-refractivity contribution in [3.8, 4) is 11.4 Å². The zero-order valence-electron chi connectivity index (χ0n) is 9.56. The van der Waals surface area contributed by atoms with Gasteiger partial charge in [-0.3, -0.25) is 0 Å². The first kappa shape index (κ1) is 12.1. The molecule has 0 bridgehead atoms. The minimum Gasteiger partial charge on any atom is -0.337 e. The molecule has 0 aliphatic carbocycles. The van der Waals surface area contributed by atoms with Gasteiger partial charge in [-0.15, -0.1) is 0 Å². The van der Waals surface area contributed by atoms with Crippen LogP contribution >= 0.6 is 11.6 Å². The van der Waals surface area contributed by atoms with E-state index in [0.717, 1.165) is 18.4 Å². The number of nitrogens with zero attached hydrogens (tertiary/aromatic N) is 2. The molecule has 0 saturated heterocycles. The van der Waals surface area contributed by atoms with Gasteiger partial charge in [0.1, 0.15) is 0 Å². The summed E-state index contributed by atoms with van der Waals surface area (Å²) in [6.07, 6.45) is 1.82. The molecule has 2 rings (SSSR count). The molecule has 0 spiro atoms. The van der Waals surface area contributed by atoms with Crippen LogP contribution in [0.1, 0.15) is 31.7 Å². The summed E-state index contributed by atoms with van der Waals surface area (Å²) in [6, 6.07) is 7.09. The number of halogens is 1. The lowest BCUT2D eigenvalue weighted by Gasteiger charge is -2.02. The topological polar surface area (TPSA) is 64.9 Å². The van der Waals surface area contributed by atoms with Crippen molar-refractivity contribution in [2.45, 2.75) is 25.8 Å². The molecule has 17 heavy (non-hydrogen) atoms. The molecule has 1 aromatic carbocycles. The van der Waals surface area contributed by atoms with E-state index in [1.165, 1.54) is 0 Å². The highest BCUT2D eigenvalue weighted by Crippen LogP contribution is 2.21. The van der Waals surface area contributed by atoms with Crippen molar-refractivity contribution < 1.29 is 4.52 Å². The number of nitrogens with two attached hydrogens (primary N) is 1. The summed E-state index contributed by atoms with van der Waals surface area (Å²) in [4.78, 5) is 4.28. The zero-order valence-corrected chi connectivity index (χ0v) is 10.3. The van der Waals surface area contributed by atoms with Crippen LogP contribution in [0.4, 0.5) is 0 Å². The average molecular weight is 252 g/mol. The molecular formula is C12H14ClN3O. The molecule has 1 heterocycles. The van der Waals surface area contributed by atoms with Gasteiger partial charge in [0.25, 0.3) is 0 Å². The molecule has 90 valence electrons. The smallest absolute Gasteiger partial charge is 0.243 e. The van der Waals surface area contributed by atoms with Gasteiger partial charge in [-0.25, -0.2) is 0 Å². The molecule has 0 aliphatic rings. The third kappa shape index (κ3) is 2.84. The van der Waals surface area contributed by atoms with Gasteiger partial charge in [-0.1, -0.05) is 30.1 Å². The number of hydrogen-bond acceptors (Lipinski definition) is 4. The van der Waals surface area contributed by atoms with Gasteiger partial charge >= 0.3 is 0 Å². The Hall–Kier alpha value is -1.39. The van der Waals surface area contributed by atoms with E-state index in [1.807, 2.05) is 12.1 Å². The highest BCUT2D eigenvalue weighted by atomic mass is 35.5. The monoisotopic (exact) mass is 251 g/mol. The van der Waals surface area contributed by atoms with E-state index in [2.05, 4.69) is 17.1 Å². The van der Waals surface area contributed by atoms with E-state index in [1.54, 1.807) is 12.1 Å². The van der Waals surface area contributed by atoms with Gasteiger partial charge in [-0.2, -0.15) is 4.98 Å². The van der Waals surface area contributed by atoms with Crippen LogP contribution in [0.15, 0.2) is 28.8 Å². The van der Waals surface area contributed by atoms with Crippen molar-refractivity contribution >= 4 is 11.6 Å². The Balaban J connectivity index is 2.20. The van der Waals surface area contributed by atoms with E-state index < -0.39 is 0 Å². The number of hydrogen-bond donors (Lipinski definition) is 1. The minimum absolute atomic E-state index is 0.187. The summed E-state index contributed by atoms with van der Waals surface area (Å²) in [5.74, 6) is 1.03.